The average Bonchev–Trinajstić information content (AvgIpc) is 2.30. The van der Waals surface area contributed by atoms with Gasteiger partial charge >= 0.3 is 5.97 Å². The number of esters is 1. The van der Waals surface area contributed by atoms with Gasteiger partial charge in [-0.05, 0) is 18.6 Å². The van der Waals surface area contributed by atoms with Crippen LogP contribution in [0.3, 0.4) is 0 Å². The van der Waals surface area contributed by atoms with Crippen LogP contribution in [0.2, 0.25) is 0 Å². The van der Waals surface area contributed by atoms with E-state index in [0.717, 1.165) is 5.56 Å². The minimum Gasteiger partial charge on any atom is -0.466 e. The van der Waals surface area contributed by atoms with Gasteiger partial charge in [0, 0.05) is 0 Å². The van der Waals surface area contributed by atoms with Gasteiger partial charge in [-0.25, -0.2) is 0 Å². The van der Waals surface area contributed by atoms with Crippen LogP contribution >= 0.6 is 11.6 Å². The minimum atomic E-state index is -0.558. The predicted octanol–water partition coefficient (Wildman–Crippen LogP) is 2.79. The van der Waals surface area contributed by atoms with E-state index in [1.54, 1.807) is 6.92 Å². The van der Waals surface area contributed by atoms with Crippen molar-refractivity contribution in [1.82, 2.24) is 0 Å². The van der Waals surface area contributed by atoms with Gasteiger partial charge in [-0.1, -0.05) is 41.9 Å². The standard InChI is InChI=1S/C13H13ClO3/c1-2-17-13(16)9-12(15)11(14)8-10-6-4-3-5-7-10/h3-8H,2,9H2,1H3. The van der Waals surface area contributed by atoms with Crippen LogP contribution in [-0.4, -0.2) is 18.4 Å². The molecule has 0 unspecified atom stereocenters. The summed E-state index contributed by atoms with van der Waals surface area (Å²) in [5.74, 6) is -0.994. The van der Waals surface area contributed by atoms with Crippen molar-refractivity contribution in [2.24, 2.45) is 0 Å². The lowest BCUT2D eigenvalue weighted by molar-refractivity contribution is -0.144. The number of carbonyl (C=O) groups is 2. The van der Waals surface area contributed by atoms with Gasteiger partial charge < -0.3 is 4.74 Å². The topological polar surface area (TPSA) is 43.4 Å². The Labute approximate surface area is 105 Å². The van der Waals surface area contributed by atoms with E-state index < -0.39 is 11.8 Å². The van der Waals surface area contributed by atoms with Gasteiger partial charge in [0.05, 0.1) is 11.6 Å². The summed E-state index contributed by atoms with van der Waals surface area (Å²) in [7, 11) is 0. The maximum Gasteiger partial charge on any atom is 0.313 e. The van der Waals surface area contributed by atoms with Gasteiger partial charge in [0.1, 0.15) is 6.42 Å². The van der Waals surface area contributed by atoms with E-state index in [4.69, 9.17) is 11.6 Å². The molecule has 1 aromatic carbocycles. The van der Waals surface area contributed by atoms with E-state index in [9.17, 15) is 9.59 Å². The molecule has 1 rings (SSSR count). The van der Waals surface area contributed by atoms with Crippen molar-refractivity contribution < 1.29 is 14.3 Å². The van der Waals surface area contributed by atoms with E-state index in [1.165, 1.54) is 6.08 Å². The summed E-state index contributed by atoms with van der Waals surface area (Å²) < 4.78 is 4.67. The molecule has 3 nitrogen and oxygen atoms in total. The zero-order chi connectivity index (χ0) is 12.7. The maximum atomic E-state index is 11.5. The first-order valence-electron chi connectivity index (χ1n) is 5.24. The second-order valence-corrected chi connectivity index (χ2v) is 3.72. The molecule has 0 aliphatic rings. The lowest BCUT2D eigenvalue weighted by Crippen LogP contribution is -2.11. The van der Waals surface area contributed by atoms with Crippen LogP contribution in [0.1, 0.15) is 18.9 Å². The van der Waals surface area contributed by atoms with Crippen LogP contribution < -0.4 is 0 Å². The van der Waals surface area contributed by atoms with E-state index in [0.29, 0.717) is 0 Å². The quantitative estimate of drug-likeness (QED) is 0.460. The van der Waals surface area contributed by atoms with Gasteiger partial charge in [-0.15, -0.1) is 0 Å². The van der Waals surface area contributed by atoms with Crippen LogP contribution in [0.25, 0.3) is 6.08 Å². The number of hydrogen-bond acceptors (Lipinski definition) is 3. The summed E-state index contributed by atoms with van der Waals surface area (Å²) in [5.41, 5.74) is 0.815. The lowest BCUT2D eigenvalue weighted by Gasteiger charge is -2.00. The Kier molecular flexibility index (Phi) is 5.43. The molecular formula is C13H13ClO3. The molecule has 0 aromatic heterocycles. The van der Waals surface area contributed by atoms with Crippen LogP contribution in [0.15, 0.2) is 35.4 Å². The van der Waals surface area contributed by atoms with Crippen molar-refractivity contribution in [1.29, 1.82) is 0 Å². The molecule has 0 saturated heterocycles. The van der Waals surface area contributed by atoms with Gasteiger partial charge in [0.15, 0.2) is 5.78 Å². The Morgan fingerprint density at radius 1 is 1.29 bits per heavy atom. The first-order chi connectivity index (χ1) is 8.13. The van der Waals surface area contributed by atoms with Crippen LogP contribution in [0.4, 0.5) is 0 Å². The summed E-state index contributed by atoms with van der Waals surface area (Å²) in [5, 5.41) is 0.0317. The second kappa shape index (κ2) is 6.86. The van der Waals surface area contributed by atoms with Gasteiger partial charge in [-0.3, -0.25) is 9.59 Å². The van der Waals surface area contributed by atoms with Crippen LogP contribution in [0.5, 0.6) is 0 Å². The molecule has 0 saturated carbocycles. The summed E-state index contributed by atoms with van der Waals surface area (Å²) in [6, 6.07) is 9.18. The number of hydrogen-bond donors (Lipinski definition) is 0. The molecule has 17 heavy (non-hydrogen) atoms. The molecule has 4 heteroatoms. The lowest BCUT2D eigenvalue weighted by atomic mass is 10.2. The number of ether oxygens (including phenoxy) is 1. The molecule has 0 fully saturated rings. The van der Waals surface area contributed by atoms with Crippen LogP contribution in [-0.2, 0) is 14.3 Å². The number of Topliss-reactive ketones (excluding diaryl/α,β-unsaturated/α-hetero) is 1. The van der Waals surface area contributed by atoms with Crippen molar-refractivity contribution >= 4 is 29.4 Å². The van der Waals surface area contributed by atoms with Crippen molar-refractivity contribution in [3.63, 3.8) is 0 Å². The van der Waals surface area contributed by atoms with E-state index in [-0.39, 0.29) is 18.1 Å². The number of allylic oxidation sites excluding steroid dienone is 1. The Morgan fingerprint density at radius 2 is 1.94 bits per heavy atom. The normalized spacial score (nSPS) is 11.1. The highest BCUT2D eigenvalue weighted by molar-refractivity contribution is 6.45. The molecule has 0 aliphatic carbocycles. The Morgan fingerprint density at radius 3 is 2.53 bits per heavy atom. The summed E-state index contributed by atoms with van der Waals surface area (Å²) in [6.07, 6.45) is 1.21. The average molecular weight is 253 g/mol. The molecular weight excluding hydrogens is 240 g/mol. The Bertz CT molecular complexity index is 424. The molecule has 0 heterocycles. The largest absolute Gasteiger partial charge is 0.466 e. The Hall–Kier alpha value is -1.61. The highest BCUT2D eigenvalue weighted by Crippen LogP contribution is 2.12. The molecule has 0 N–H and O–H groups in total. The maximum absolute atomic E-state index is 11.5. The van der Waals surface area contributed by atoms with E-state index >= 15 is 0 Å². The van der Waals surface area contributed by atoms with Crippen molar-refractivity contribution in [3.05, 3.63) is 40.9 Å². The fourth-order valence-corrected chi connectivity index (χ4v) is 1.40. The van der Waals surface area contributed by atoms with Crippen LogP contribution in [0, 0.1) is 0 Å². The third-order valence-corrected chi connectivity index (χ3v) is 2.29. The molecule has 0 amide bonds. The molecule has 0 atom stereocenters. The number of ketones is 1. The van der Waals surface area contributed by atoms with Gasteiger partial charge in [0.2, 0.25) is 0 Å². The van der Waals surface area contributed by atoms with E-state index in [1.807, 2.05) is 30.3 Å². The molecule has 0 radical (unpaired) electrons. The summed E-state index contributed by atoms with van der Waals surface area (Å²) >= 11 is 5.81. The smallest absolute Gasteiger partial charge is 0.313 e. The third kappa shape index (κ3) is 4.83. The van der Waals surface area contributed by atoms with Crippen molar-refractivity contribution in [2.75, 3.05) is 6.61 Å². The number of carbonyl (C=O) groups excluding carboxylic acids is 2. The summed E-state index contributed by atoms with van der Waals surface area (Å²) in [6.45, 7) is 1.94. The van der Waals surface area contributed by atoms with Gasteiger partial charge in [0.25, 0.3) is 0 Å². The van der Waals surface area contributed by atoms with Crippen molar-refractivity contribution in [2.45, 2.75) is 13.3 Å². The fraction of sp³-hybridized carbons (Fsp3) is 0.231. The third-order valence-electron chi connectivity index (χ3n) is 1.97. The minimum absolute atomic E-state index is 0.0317. The monoisotopic (exact) mass is 252 g/mol. The van der Waals surface area contributed by atoms with Crippen molar-refractivity contribution in [3.8, 4) is 0 Å². The molecule has 1 aromatic rings. The molecule has 0 aliphatic heterocycles. The zero-order valence-corrected chi connectivity index (χ0v) is 10.2. The van der Waals surface area contributed by atoms with E-state index in [2.05, 4.69) is 4.74 Å². The number of halogens is 1. The second-order valence-electron chi connectivity index (χ2n) is 3.31. The molecule has 0 bridgehead atoms. The van der Waals surface area contributed by atoms with Gasteiger partial charge in [-0.2, -0.15) is 0 Å². The highest BCUT2D eigenvalue weighted by Gasteiger charge is 2.13. The SMILES string of the molecule is CCOC(=O)CC(=O)C(Cl)=Cc1ccccc1. The molecule has 0 spiro atoms. The fourth-order valence-electron chi connectivity index (χ4n) is 1.20. The number of rotatable bonds is 5. The first kappa shape index (κ1) is 13.5. The predicted molar refractivity (Wildman–Crippen MR) is 66.5 cm³/mol. The molecule has 90 valence electrons. The summed E-state index contributed by atoms with van der Waals surface area (Å²) in [4.78, 5) is 22.6. The zero-order valence-electron chi connectivity index (χ0n) is 9.48. The Balaban J connectivity index is 2.64. The number of benzene rings is 1. The highest BCUT2D eigenvalue weighted by atomic mass is 35.5. The first-order valence-corrected chi connectivity index (χ1v) is 5.62.